The lowest BCUT2D eigenvalue weighted by Crippen LogP contribution is -2.34. The van der Waals surface area contributed by atoms with Gasteiger partial charge < -0.3 is 9.88 Å². The van der Waals surface area contributed by atoms with E-state index in [1.807, 2.05) is 0 Å². The predicted octanol–water partition coefficient (Wildman–Crippen LogP) is 1.47. The van der Waals surface area contributed by atoms with E-state index >= 15 is 0 Å². The second kappa shape index (κ2) is 8.07. The van der Waals surface area contributed by atoms with E-state index in [4.69, 9.17) is 16.3 Å². The van der Waals surface area contributed by atoms with Crippen molar-refractivity contribution in [1.29, 1.82) is 0 Å². The monoisotopic (exact) mass is 427 g/mol. The number of carbonyl (C=O) groups excluding carboxylic acids is 1. The molecule has 0 aromatic carbocycles. The number of nitrogens with zero attached hydrogens (tertiary/aromatic N) is 2. The number of alkyl halides is 3. The molecule has 1 aromatic heterocycles. The summed E-state index contributed by atoms with van der Waals surface area (Å²) in [6, 6.07) is 0.765. The highest BCUT2D eigenvalue weighted by Crippen LogP contribution is 2.44. The molecule has 3 heterocycles. The molecule has 2 fully saturated rings. The molecule has 1 amide bonds. The Morgan fingerprint density at radius 2 is 2.30 bits per heavy atom. The lowest BCUT2D eigenvalue weighted by Gasteiger charge is -2.13. The van der Waals surface area contributed by atoms with E-state index in [9.17, 15) is 27.7 Å². The zero-order chi connectivity index (χ0) is 19.7. The van der Waals surface area contributed by atoms with E-state index < -0.39 is 52.4 Å². The Bertz CT molecular complexity index is 811. The van der Waals surface area contributed by atoms with Crippen molar-refractivity contribution in [3.05, 3.63) is 33.3 Å². The summed E-state index contributed by atoms with van der Waals surface area (Å²) < 4.78 is 43.9. The van der Waals surface area contributed by atoms with Crippen LogP contribution in [0.15, 0.2) is 17.1 Å². The maximum absolute atomic E-state index is 13.7. The van der Waals surface area contributed by atoms with Crippen molar-refractivity contribution in [3.8, 4) is 0 Å². The fourth-order valence-electron chi connectivity index (χ4n) is 2.90. The van der Waals surface area contributed by atoms with Crippen LogP contribution in [-0.2, 0) is 16.1 Å². The van der Waals surface area contributed by atoms with Gasteiger partial charge in [-0.1, -0.05) is 0 Å². The minimum absolute atomic E-state index is 0.0424. The Hall–Kier alpha value is -1.79. The molecule has 0 aliphatic carbocycles. The van der Waals surface area contributed by atoms with Crippen molar-refractivity contribution in [2.24, 2.45) is 5.92 Å². The Balaban J connectivity index is 1.70. The quantitative estimate of drug-likeness (QED) is 0.546. The smallest absolute Gasteiger partial charge is 0.324 e. The van der Waals surface area contributed by atoms with Crippen molar-refractivity contribution in [2.45, 2.75) is 35.6 Å². The van der Waals surface area contributed by atoms with Gasteiger partial charge >= 0.3 is 6.23 Å². The fourth-order valence-corrected chi connectivity index (χ4v) is 4.78. The highest BCUT2D eigenvalue weighted by atomic mass is 35.5. The summed E-state index contributed by atoms with van der Waals surface area (Å²) >= 11 is 7.32. The predicted molar refractivity (Wildman–Crippen MR) is 90.9 cm³/mol. The largest absolute Gasteiger partial charge is 0.343 e. The third kappa shape index (κ3) is 4.38. The van der Waals surface area contributed by atoms with Gasteiger partial charge in [0.05, 0.1) is 33.0 Å². The van der Waals surface area contributed by atoms with Crippen LogP contribution in [-0.4, -0.2) is 44.7 Å². The number of nitrogens with one attached hydrogen (secondary N) is 2. The number of pyridine rings is 1. The van der Waals surface area contributed by atoms with Crippen LogP contribution in [0.25, 0.3) is 0 Å². The minimum atomic E-state index is -2.86. The molecular formula is C14H15ClF3N4O4S+. The first-order valence-electron chi connectivity index (χ1n) is 7.86. The van der Waals surface area contributed by atoms with Gasteiger partial charge in [0.2, 0.25) is 5.91 Å². The van der Waals surface area contributed by atoms with E-state index in [2.05, 4.69) is 10.7 Å². The van der Waals surface area contributed by atoms with Crippen LogP contribution in [0.2, 0.25) is 0 Å². The minimum Gasteiger partial charge on any atom is -0.324 e. The van der Waals surface area contributed by atoms with Gasteiger partial charge in [0.25, 0.3) is 12.0 Å². The number of carbonyl (C=O) groups is 1. The van der Waals surface area contributed by atoms with Crippen LogP contribution >= 0.6 is 23.4 Å². The van der Waals surface area contributed by atoms with Gasteiger partial charge in [0.15, 0.2) is 17.4 Å². The Kier molecular flexibility index (Phi) is 5.96. The van der Waals surface area contributed by atoms with E-state index in [1.54, 1.807) is 0 Å². The molecule has 4 unspecified atom stereocenters. The van der Waals surface area contributed by atoms with E-state index in [-0.39, 0.29) is 18.8 Å². The molecule has 2 aliphatic heterocycles. The van der Waals surface area contributed by atoms with Crippen molar-refractivity contribution < 1.29 is 27.6 Å². The number of amides is 1. The summed E-state index contributed by atoms with van der Waals surface area (Å²) in [5, 5.41) is 1.74. The zero-order valence-electron chi connectivity index (χ0n) is 13.6. The molecule has 3 rings (SSSR count). The maximum Gasteiger partial charge on any atom is 0.343 e. The molecule has 2 N–H and O–H groups in total. The van der Waals surface area contributed by atoms with Crippen LogP contribution in [0.5, 0.6) is 0 Å². The molecule has 2 aliphatic rings. The first-order chi connectivity index (χ1) is 12.8. The van der Waals surface area contributed by atoms with Crippen LogP contribution in [0.3, 0.4) is 0 Å². The molecule has 13 heteroatoms. The molecule has 4 atom stereocenters. The SMILES string of the molecule is O=C(Nc1cc(F)c(=O)n(CC(F)F)c1)C1CC(C2OCN[N+]2=O)C(Cl)S1. The second-order valence-corrected chi connectivity index (χ2v) is 8.05. The van der Waals surface area contributed by atoms with Gasteiger partial charge in [-0.25, -0.2) is 13.2 Å². The second-order valence-electron chi connectivity index (χ2n) is 5.98. The fraction of sp³-hybridized carbons (Fsp3) is 0.571. The van der Waals surface area contributed by atoms with Gasteiger partial charge in [-0.3, -0.25) is 14.3 Å². The number of ether oxygens (including phenoxy) is 1. The van der Waals surface area contributed by atoms with Crippen LogP contribution < -0.4 is 16.3 Å². The van der Waals surface area contributed by atoms with E-state index in [0.717, 1.165) is 24.0 Å². The highest BCUT2D eigenvalue weighted by molar-refractivity contribution is 8.02. The van der Waals surface area contributed by atoms with Crippen molar-refractivity contribution in [1.82, 2.24) is 9.99 Å². The van der Waals surface area contributed by atoms with Crippen molar-refractivity contribution >= 4 is 35.0 Å². The zero-order valence-corrected chi connectivity index (χ0v) is 15.2. The average molecular weight is 428 g/mol. The number of hydrazine groups is 1. The van der Waals surface area contributed by atoms with Gasteiger partial charge in [0.1, 0.15) is 0 Å². The summed E-state index contributed by atoms with van der Waals surface area (Å²) in [6.45, 7) is -0.949. The number of anilines is 1. The van der Waals surface area contributed by atoms with Gasteiger partial charge in [0, 0.05) is 12.3 Å². The lowest BCUT2D eigenvalue weighted by atomic mass is 10.0. The molecule has 1 aromatic rings. The highest BCUT2D eigenvalue weighted by Gasteiger charge is 2.51. The van der Waals surface area contributed by atoms with Crippen molar-refractivity contribution in [2.75, 3.05) is 12.0 Å². The van der Waals surface area contributed by atoms with Crippen LogP contribution in [0, 0.1) is 16.6 Å². The van der Waals surface area contributed by atoms with Crippen LogP contribution in [0.4, 0.5) is 18.9 Å². The Morgan fingerprint density at radius 1 is 1.56 bits per heavy atom. The normalized spacial score (nSPS) is 27.8. The molecule has 0 spiro atoms. The molecule has 0 saturated carbocycles. The first-order valence-corrected chi connectivity index (χ1v) is 9.24. The molecule has 27 heavy (non-hydrogen) atoms. The number of hydrogen-bond acceptors (Lipinski definition) is 5. The van der Waals surface area contributed by atoms with Gasteiger partial charge in [-0.05, 0) is 6.42 Å². The molecular weight excluding hydrogens is 413 g/mol. The van der Waals surface area contributed by atoms with Gasteiger partial charge in [-0.15, -0.1) is 28.8 Å². The molecule has 0 radical (unpaired) electrons. The first kappa shape index (κ1) is 20.0. The molecule has 0 bridgehead atoms. The summed E-state index contributed by atoms with van der Waals surface area (Å²) in [6.07, 6.45) is -2.50. The topological polar surface area (TPSA) is 92.4 Å². The third-order valence-corrected chi connectivity index (χ3v) is 6.10. The average Bonchev–Trinajstić information content (AvgIpc) is 3.17. The van der Waals surface area contributed by atoms with E-state index in [1.165, 1.54) is 0 Å². The Labute approximate surface area is 159 Å². The summed E-state index contributed by atoms with van der Waals surface area (Å²) in [4.78, 5) is 36.1. The number of thioether (sulfide) groups is 1. The molecule has 148 valence electrons. The summed E-state index contributed by atoms with van der Waals surface area (Å²) in [7, 11) is 0. The van der Waals surface area contributed by atoms with E-state index in [0.29, 0.717) is 9.44 Å². The number of rotatable bonds is 5. The van der Waals surface area contributed by atoms with Gasteiger partial charge in [-0.2, -0.15) is 0 Å². The standard InChI is InChI=1S/C14H14ClF3N4O4S/c15-11-7(14-22(25)19-5-26-14)2-9(27-11)12(23)20-6-1-8(16)13(24)21(3-6)4-10(17)18/h1,3,7,9-11,14H,2,4-5H2,(H-,19,20,23,25)/p+1. The lowest BCUT2D eigenvalue weighted by molar-refractivity contribution is -0.644. The van der Waals surface area contributed by atoms with Crippen LogP contribution in [0.1, 0.15) is 6.42 Å². The molecule has 2 saturated heterocycles. The molecule has 8 nitrogen and oxygen atoms in total. The summed E-state index contributed by atoms with van der Waals surface area (Å²) in [5.41, 5.74) is 1.11. The Morgan fingerprint density at radius 3 is 2.93 bits per heavy atom. The summed E-state index contributed by atoms with van der Waals surface area (Å²) in [5.74, 6) is -2.23. The number of hydrogen-bond donors (Lipinski definition) is 2. The maximum atomic E-state index is 13.7. The van der Waals surface area contributed by atoms with Crippen molar-refractivity contribution in [3.63, 3.8) is 0 Å². The number of halogens is 4. The number of aromatic nitrogens is 1. The number of nitroso groups, excluding NO2 is 1. The third-order valence-electron chi connectivity index (χ3n) is 4.13.